The molecule has 2 heterocycles. The van der Waals surface area contributed by atoms with Gasteiger partial charge in [-0.05, 0) is 53.8 Å². The largest absolute Gasteiger partial charge is 0.484 e. The van der Waals surface area contributed by atoms with E-state index in [-0.39, 0.29) is 25.0 Å². The van der Waals surface area contributed by atoms with Gasteiger partial charge in [0.1, 0.15) is 5.75 Å². The van der Waals surface area contributed by atoms with Crippen molar-refractivity contribution in [1.29, 1.82) is 0 Å². The third-order valence-corrected chi connectivity index (χ3v) is 6.40. The monoisotopic (exact) mass is 467 g/mol. The quantitative estimate of drug-likeness (QED) is 0.388. The van der Waals surface area contributed by atoms with Gasteiger partial charge in [-0.25, -0.2) is 4.98 Å². The van der Waals surface area contributed by atoms with E-state index in [9.17, 15) is 18.0 Å². The lowest BCUT2D eigenvalue weighted by atomic mass is 9.96. The zero-order valence-electron chi connectivity index (χ0n) is 18.5. The van der Waals surface area contributed by atoms with Crippen LogP contribution in [0.5, 0.6) is 5.75 Å². The van der Waals surface area contributed by atoms with E-state index in [2.05, 4.69) is 4.98 Å². The van der Waals surface area contributed by atoms with Crippen molar-refractivity contribution in [3.8, 4) is 5.75 Å². The molecule has 1 saturated heterocycles. The van der Waals surface area contributed by atoms with Gasteiger partial charge in [0.15, 0.2) is 6.61 Å². The molecule has 0 saturated carbocycles. The molecule has 4 aromatic rings. The van der Waals surface area contributed by atoms with Crippen LogP contribution in [0.15, 0.2) is 66.7 Å². The molecule has 0 unspecified atom stereocenters. The van der Waals surface area contributed by atoms with E-state index in [4.69, 9.17) is 4.74 Å². The minimum atomic E-state index is -4.52. The zero-order chi connectivity index (χ0) is 23.7. The summed E-state index contributed by atoms with van der Waals surface area (Å²) in [7, 11) is 0. The van der Waals surface area contributed by atoms with Crippen molar-refractivity contribution in [2.75, 3.05) is 19.7 Å². The molecule has 3 aromatic carbocycles. The van der Waals surface area contributed by atoms with E-state index in [1.165, 1.54) is 4.57 Å². The van der Waals surface area contributed by atoms with Gasteiger partial charge < -0.3 is 14.2 Å². The smallest absolute Gasteiger partial charge is 0.449 e. The van der Waals surface area contributed by atoms with Crippen LogP contribution in [0.3, 0.4) is 0 Å². The molecule has 5 nitrogen and oxygen atoms in total. The number of benzene rings is 3. The van der Waals surface area contributed by atoms with E-state index in [1.54, 1.807) is 29.2 Å². The van der Waals surface area contributed by atoms with E-state index in [0.29, 0.717) is 42.7 Å². The maximum absolute atomic E-state index is 13.6. The number of ether oxygens (including phenoxy) is 1. The van der Waals surface area contributed by atoms with Gasteiger partial charge >= 0.3 is 6.18 Å². The lowest BCUT2D eigenvalue weighted by Gasteiger charge is -2.32. The summed E-state index contributed by atoms with van der Waals surface area (Å²) in [4.78, 5) is 18.2. The minimum Gasteiger partial charge on any atom is -0.484 e. The van der Waals surface area contributed by atoms with Crippen molar-refractivity contribution in [1.82, 2.24) is 14.5 Å². The first kappa shape index (κ1) is 22.3. The summed E-state index contributed by atoms with van der Waals surface area (Å²) in [5.41, 5.74) is 0.824. The number of carbonyl (C=O) groups excluding carboxylic acids is 1. The Morgan fingerprint density at radius 1 is 0.971 bits per heavy atom. The van der Waals surface area contributed by atoms with Crippen LogP contribution in [0.2, 0.25) is 0 Å². The van der Waals surface area contributed by atoms with Crippen molar-refractivity contribution in [2.45, 2.75) is 25.6 Å². The molecule has 1 aliphatic rings. The minimum absolute atomic E-state index is 0.0316. The van der Waals surface area contributed by atoms with Crippen LogP contribution in [0.4, 0.5) is 13.2 Å². The molecule has 0 N–H and O–H groups in total. The molecule has 1 aromatic heterocycles. The highest BCUT2D eigenvalue weighted by atomic mass is 19.4. The van der Waals surface area contributed by atoms with Gasteiger partial charge in [0.05, 0.1) is 11.0 Å². The van der Waals surface area contributed by atoms with Crippen molar-refractivity contribution >= 4 is 27.7 Å². The van der Waals surface area contributed by atoms with Crippen LogP contribution < -0.4 is 4.74 Å². The Labute approximate surface area is 194 Å². The van der Waals surface area contributed by atoms with Crippen molar-refractivity contribution in [2.24, 2.45) is 5.92 Å². The van der Waals surface area contributed by atoms with Crippen molar-refractivity contribution in [3.05, 3.63) is 72.6 Å². The SMILES string of the molecule is O=C(COc1ccc2ccccc2c1)N1CCC(Cn2c(C(F)(F)F)nc3ccccc32)CC1. The van der Waals surface area contributed by atoms with E-state index >= 15 is 0 Å². The number of carbonyl (C=O) groups is 1. The maximum Gasteiger partial charge on any atom is 0.449 e. The molecule has 0 bridgehead atoms. The summed E-state index contributed by atoms with van der Waals surface area (Å²) >= 11 is 0. The highest BCUT2D eigenvalue weighted by Gasteiger charge is 2.38. The molecule has 0 aliphatic carbocycles. The Bertz CT molecular complexity index is 1320. The normalized spacial score (nSPS) is 15.2. The van der Waals surface area contributed by atoms with Gasteiger partial charge in [-0.15, -0.1) is 0 Å². The number of nitrogens with zero attached hydrogens (tertiary/aromatic N) is 3. The number of fused-ring (bicyclic) bond motifs is 2. The Morgan fingerprint density at radius 3 is 2.44 bits per heavy atom. The molecule has 0 atom stereocenters. The first-order valence-corrected chi connectivity index (χ1v) is 11.3. The molecule has 1 fully saturated rings. The second-order valence-electron chi connectivity index (χ2n) is 8.65. The number of amides is 1. The molecular weight excluding hydrogens is 443 g/mol. The number of aromatic nitrogens is 2. The molecular formula is C26H24F3N3O2. The number of hydrogen-bond acceptors (Lipinski definition) is 3. The van der Waals surface area contributed by atoms with Gasteiger partial charge in [-0.1, -0.05) is 42.5 Å². The molecule has 8 heteroatoms. The maximum atomic E-state index is 13.6. The molecule has 0 radical (unpaired) electrons. The highest BCUT2D eigenvalue weighted by molar-refractivity contribution is 5.84. The third-order valence-electron chi connectivity index (χ3n) is 6.40. The highest BCUT2D eigenvalue weighted by Crippen LogP contribution is 2.33. The van der Waals surface area contributed by atoms with Crippen LogP contribution in [-0.2, 0) is 17.5 Å². The summed E-state index contributed by atoms with van der Waals surface area (Å²) in [6.45, 7) is 1.16. The fraction of sp³-hybridized carbons (Fsp3) is 0.308. The van der Waals surface area contributed by atoms with Gasteiger partial charge in [-0.2, -0.15) is 13.2 Å². The predicted molar refractivity (Wildman–Crippen MR) is 123 cm³/mol. The Hall–Kier alpha value is -3.55. The zero-order valence-corrected chi connectivity index (χ0v) is 18.5. The van der Waals surface area contributed by atoms with Crippen LogP contribution in [0.1, 0.15) is 18.7 Å². The summed E-state index contributed by atoms with van der Waals surface area (Å²) in [6.07, 6.45) is -3.26. The number of alkyl halides is 3. The van der Waals surface area contributed by atoms with Crippen LogP contribution >= 0.6 is 0 Å². The second-order valence-corrected chi connectivity index (χ2v) is 8.65. The molecule has 176 valence electrons. The Morgan fingerprint density at radius 2 is 1.68 bits per heavy atom. The topological polar surface area (TPSA) is 47.4 Å². The molecule has 0 spiro atoms. The van der Waals surface area contributed by atoms with Crippen molar-refractivity contribution < 1.29 is 22.7 Å². The number of imidazole rings is 1. The van der Waals surface area contributed by atoms with Crippen LogP contribution in [0, 0.1) is 5.92 Å². The lowest BCUT2D eigenvalue weighted by Crippen LogP contribution is -2.41. The van der Waals surface area contributed by atoms with E-state index in [0.717, 1.165) is 10.8 Å². The van der Waals surface area contributed by atoms with Crippen molar-refractivity contribution in [3.63, 3.8) is 0 Å². The average molecular weight is 467 g/mol. The van der Waals surface area contributed by atoms with Gasteiger partial charge in [0.25, 0.3) is 5.91 Å². The standard InChI is InChI=1S/C26H24F3N3O2/c27-26(28,29)25-30-22-7-3-4-8-23(22)32(25)16-18-11-13-31(14-12-18)24(33)17-34-21-10-9-19-5-1-2-6-20(19)15-21/h1-10,15,18H,11-14,16-17H2. The predicted octanol–water partition coefficient (Wildman–Crippen LogP) is 5.53. The summed E-state index contributed by atoms with van der Waals surface area (Å²) < 4.78 is 47.7. The molecule has 1 amide bonds. The number of piperidine rings is 1. The second kappa shape index (κ2) is 9.00. The average Bonchev–Trinajstić information content (AvgIpc) is 3.22. The van der Waals surface area contributed by atoms with E-state index in [1.807, 2.05) is 42.5 Å². The Kier molecular flexibility index (Phi) is 5.89. The number of halogens is 3. The molecule has 34 heavy (non-hydrogen) atoms. The number of likely N-dealkylation sites (tertiary alicyclic amines) is 1. The summed E-state index contributed by atoms with van der Waals surface area (Å²) in [5.74, 6) is -0.315. The van der Waals surface area contributed by atoms with Gasteiger partial charge in [0, 0.05) is 19.6 Å². The summed E-state index contributed by atoms with van der Waals surface area (Å²) in [5, 5.41) is 2.14. The first-order valence-electron chi connectivity index (χ1n) is 11.3. The first-order chi connectivity index (χ1) is 16.4. The molecule has 5 rings (SSSR count). The summed E-state index contributed by atoms with van der Waals surface area (Å²) in [6, 6.07) is 20.3. The fourth-order valence-electron chi connectivity index (χ4n) is 4.59. The third kappa shape index (κ3) is 4.58. The number of rotatable bonds is 5. The van der Waals surface area contributed by atoms with Gasteiger partial charge in [0.2, 0.25) is 5.82 Å². The lowest BCUT2D eigenvalue weighted by molar-refractivity contribution is -0.147. The van der Waals surface area contributed by atoms with Gasteiger partial charge in [-0.3, -0.25) is 4.79 Å². The van der Waals surface area contributed by atoms with Crippen LogP contribution in [0.25, 0.3) is 21.8 Å². The molecule has 1 aliphatic heterocycles. The Balaban J connectivity index is 1.19. The van der Waals surface area contributed by atoms with E-state index < -0.39 is 12.0 Å². The number of hydrogen-bond donors (Lipinski definition) is 0. The van der Waals surface area contributed by atoms with Crippen LogP contribution in [-0.4, -0.2) is 40.1 Å². The fourth-order valence-corrected chi connectivity index (χ4v) is 4.59. The number of para-hydroxylation sites is 2.